The van der Waals surface area contributed by atoms with Crippen LogP contribution in [-0.4, -0.2) is 17.5 Å². The van der Waals surface area contributed by atoms with Gasteiger partial charge in [0.25, 0.3) is 0 Å². The summed E-state index contributed by atoms with van der Waals surface area (Å²) < 4.78 is 0. The number of aryl methyl sites for hydroxylation is 1. The Morgan fingerprint density at radius 1 is 1.40 bits per heavy atom. The molecule has 1 unspecified atom stereocenters. The summed E-state index contributed by atoms with van der Waals surface area (Å²) in [6.45, 7) is 9.90. The van der Waals surface area contributed by atoms with Crippen LogP contribution < -0.4 is 5.32 Å². The lowest BCUT2D eigenvalue weighted by atomic mass is 10.2. The van der Waals surface area contributed by atoms with Crippen LogP contribution in [0.2, 0.25) is 0 Å². The minimum Gasteiger partial charge on any atom is -0.309 e. The fourth-order valence-electron chi connectivity index (χ4n) is 1.42. The molecule has 0 saturated carbocycles. The van der Waals surface area contributed by atoms with Crippen molar-refractivity contribution >= 4 is 23.1 Å². The van der Waals surface area contributed by atoms with Crippen molar-refractivity contribution < 1.29 is 0 Å². The van der Waals surface area contributed by atoms with Crippen LogP contribution in [0.25, 0.3) is 0 Å². The molecule has 0 aliphatic heterocycles. The van der Waals surface area contributed by atoms with Crippen molar-refractivity contribution in [3.05, 3.63) is 21.9 Å². The van der Waals surface area contributed by atoms with E-state index in [9.17, 15) is 0 Å². The van der Waals surface area contributed by atoms with Gasteiger partial charge in [0.05, 0.1) is 6.04 Å². The van der Waals surface area contributed by atoms with Crippen molar-refractivity contribution in [1.82, 2.24) is 5.32 Å². The molecule has 3 heteroatoms. The van der Waals surface area contributed by atoms with Crippen molar-refractivity contribution in [2.45, 2.75) is 39.0 Å². The highest BCUT2D eigenvalue weighted by atomic mass is 32.2. The highest BCUT2D eigenvalue weighted by Gasteiger charge is 2.12. The maximum atomic E-state index is 3.56. The molecule has 1 heterocycles. The molecule has 0 spiro atoms. The predicted molar refractivity (Wildman–Crippen MR) is 73.1 cm³/mol. The molecule has 0 aliphatic rings. The Hall–Kier alpha value is 0.01000. The molecular formula is C12H21NS2. The molecule has 1 atom stereocenters. The van der Waals surface area contributed by atoms with E-state index in [1.807, 2.05) is 23.1 Å². The molecule has 0 saturated heterocycles. The first kappa shape index (κ1) is 13.1. The quantitative estimate of drug-likeness (QED) is 0.814. The fourth-order valence-corrected chi connectivity index (χ4v) is 3.35. The minimum absolute atomic E-state index is 0.529. The van der Waals surface area contributed by atoms with Gasteiger partial charge in [-0.15, -0.1) is 11.3 Å². The first-order chi connectivity index (χ1) is 7.13. The SMILES string of the molecule is CCNC(CSC(C)C)c1ccc(C)s1. The summed E-state index contributed by atoms with van der Waals surface area (Å²) in [6.07, 6.45) is 0. The summed E-state index contributed by atoms with van der Waals surface area (Å²) in [5, 5.41) is 4.27. The third-order valence-corrected chi connectivity index (χ3v) is 4.46. The van der Waals surface area contributed by atoms with E-state index in [-0.39, 0.29) is 0 Å². The van der Waals surface area contributed by atoms with E-state index in [2.05, 4.69) is 45.1 Å². The van der Waals surface area contributed by atoms with Crippen LogP contribution >= 0.6 is 23.1 Å². The second kappa shape index (κ2) is 6.56. The van der Waals surface area contributed by atoms with Gasteiger partial charge in [-0.05, 0) is 30.9 Å². The Kier molecular flexibility index (Phi) is 5.72. The summed E-state index contributed by atoms with van der Waals surface area (Å²) in [5.74, 6) is 1.17. The number of nitrogens with one attached hydrogen (secondary N) is 1. The van der Waals surface area contributed by atoms with Gasteiger partial charge in [0.2, 0.25) is 0 Å². The van der Waals surface area contributed by atoms with E-state index in [0.717, 1.165) is 6.54 Å². The number of hydrogen-bond donors (Lipinski definition) is 1. The van der Waals surface area contributed by atoms with Crippen molar-refractivity contribution in [2.24, 2.45) is 0 Å². The van der Waals surface area contributed by atoms with Gasteiger partial charge in [0.15, 0.2) is 0 Å². The maximum absolute atomic E-state index is 3.56. The summed E-state index contributed by atoms with van der Waals surface area (Å²) in [5.41, 5.74) is 0. The van der Waals surface area contributed by atoms with E-state index in [1.165, 1.54) is 15.5 Å². The Morgan fingerprint density at radius 2 is 2.13 bits per heavy atom. The third-order valence-electron chi connectivity index (χ3n) is 2.15. The molecule has 1 rings (SSSR count). The van der Waals surface area contributed by atoms with Crippen LogP contribution in [0.15, 0.2) is 12.1 Å². The molecule has 86 valence electrons. The molecule has 0 aliphatic carbocycles. The Balaban J connectivity index is 2.57. The van der Waals surface area contributed by atoms with E-state index in [0.29, 0.717) is 11.3 Å². The monoisotopic (exact) mass is 243 g/mol. The van der Waals surface area contributed by atoms with Gasteiger partial charge in [0.1, 0.15) is 0 Å². The molecule has 0 amide bonds. The number of hydrogen-bond acceptors (Lipinski definition) is 3. The summed E-state index contributed by atoms with van der Waals surface area (Å²) in [6, 6.07) is 5.00. The van der Waals surface area contributed by atoms with Crippen molar-refractivity contribution in [1.29, 1.82) is 0 Å². The molecule has 0 fully saturated rings. The zero-order chi connectivity index (χ0) is 11.3. The van der Waals surface area contributed by atoms with Crippen LogP contribution in [0.3, 0.4) is 0 Å². The van der Waals surface area contributed by atoms with Gasteiger partial charge in [-0.25, -0.2) is 0 Å². The van der Waals surface area contributed by atoms with Gasteiger partial charge >= 0.3 is 0 Å². The van der Waals surface area contributed by atoms with Gasteiger partial charge in [-0.3, -0.25) is 0 Å². The average Bonchev–Trinajstić information content (AvgIpc) is 2.59. The molecule has 1 aromatic rings. The van der Waals surface area contributed by atoms with Gasteiger partial charge in [-0.2, -0.15) is 11.8 Å². The van der Waals surface area contributed by atoms with Gasteiger partial charge in [-0.1, -0.05) is 20.8 Å². The van der Waals surface area contributed by atoms with Crippen molar-refractivity contribution in [3.63, 3.8) is 0 Å². The Morgan fingerprint density at radius 3 is 2.60 bits per heavy atom. The summed E-state index contributed by atoms with van der Waals surface area (Å²) >= 11 is 3.94. The summed E-state index contributed by atoms with van der Waals surface area (Å²) in [4.78, 5) is 2.88. The van der Waals surface area contributed by atoms with Crippen LogP contribution in [-0.2, 0) is 0 Å². The Labute approximate surface area is 102 Å². The first-order valence-corrected chi connectivity index (χ1v) is 7.41. The molecule has 1 N–H and O–H groups in total. The van der Waals surface area contributed by atoms with E-state index in [1.54, 1.807) is 0 Å². The normalized spacial score (nSPS) is 13.4. The zero-order valence-corrected chi connectivity index (χ0v) is 11.7. The fraction of sp³-hybridized carbons (Fsp3) is 0.667. The maximum Gasteiger partial charge on any atom is 0.0506 e. The lowest BCUT2D eigenvalue weighted by molar-refractivity contribution is 0.614. The van der Waals surface area contributed by atoms with Crippen LogP contribution in [0, 0.1) is 6.92 Å². The van der Waals surface area contributed by atoms with Crippen LogP contribution in [0.1, 0.15) is 36.6 Å². The van der Waals surface area contributed by atoms with Crippen molar-refractivity contribution in [3.8, 4) is 0 Å². The van der Waals surface area contributed by atoms with E-state index < -0.39 is 0 Å². The Bertz CT molecular complexity index is 281. The molecule has 0 aromatic carbocycles. The lowest BCUT2D eigenvalue weighted by Crippen LogP contribution is -2.22. The second-order valence-corrected chi connectivity index (χ2v) is 6.87. The first-order valence-electron chi connectivity index (χ1n) is 5.54. The standard InChI is InChI=1S/C12H21NS2/c1-5-13-11(8-14-9(2)3)12-7-6-10(4)15-12/h6-7,9,11,13H,5,8H2,1-4H3. The van der Waals surface area contributed by atoms with Gasteiger partial charge in [0, 0.05) is 15.5 Å². The van der Waals surface area contributed by atoms with Crippen LogP contribution in [0.5, 0.6) is 0 Å². The second-order valence-electron chi connectivity index (χ2n) is 3.94. The average molecular weight is 243 g/mol. The van der Waals surface area contributed by atoms with Crippen LogP contribution in [0.4, 0.5) is 0 Å². The minimum atomic E-state index is 0.529. The van der Waals surface area contributed by atoms with E-state index >= 15 is 0 Å². The smallest absolute Gasteiger partial charge is 0.0506 e. The number of rotatable bonds is 6. The largest absolute Gasteiger partial charge is 0.309 e. The molecular weight excluding hydrogens is 222 g/mol. The predicted octanol–water partition coefficient (Wildman–Crippen LogP) is 3.85. The molecule has 0 bridgehead atoms. The highest BCUT2D eigenvalue weighted by molar-refractivity contribution is 7.99. The topological polar surface area (TPSA) is 12.0 Å². The molecule has 1 nitrogen and oxygen atoms in total. The third kappa shape index (κ3) is 4.58. The zero-order valence-electron chi connectivity index (χ0n) is 10.0. The number of thiophene rings is 1. The van der Waals surface area contributed by atoms with Gasteiger partial charge < -0.3 is 5.32 Å². The summed E-state index contributed by atoms with van der Waals surface area (Å²) in [7, 11) is 0. The van der Waals surface area contributed by atoms with Crippen molar-refractivity contribution in [2.75, 3.05) is 12.3 Å². The van der Waals surface area contributed by atoms with E-state index in [4.69, 9.17) is 0 Å². The lowest BCUT2D eigenvalue weighted by Gasteiger charge is -2.17. The highest BCUT2D eigenvalue weighted by Crippen LogP contribution is 2.26. The molecule has 1 aromatic heterocycles. The number of thioether (sulfide) groups is 1. The molecule has 15 heavy (non-hydrogen) atoms. The molecule has 0 radical (unpaired) electrons.